The Morgan fingerprint density at radius 2 is 1.75 bits per heavy atom. The summed E-state index contributed by atoms with van der Waals surface area (Å²) in [5, 5.41) is 6.24. The van der Waals surface area contributed by atoms with E-state index in [-0.39, 0.29) is 11.8 Å². The van der Waals surface area contributed by atoms with Crippen LogP contribution in [0.1, 0.15) is 12.8 Å². The first kappa shape index (κ1) is 20.4. The number of rotatable bonds is 8. The van der Waals surface area contributed by atoms with Gasteiger partial charge in [0, 0.05) is 28.6 Å². The summed E-state index contributed by atoms with van der Waals surface area (Å²) in [6.45, 7) is 1.54. The highest BCUT2D eigenvalue weighted by Gasteiger charge is 2.12. The van der Waals surface area contributed by atoms with Crippen molar-refractivity contribution in [1.82, 2.24) is 5.32 Å². The molecule has 0 aliphatic carbocycles. The van der Waals surface area contributed by atoms with E-state index in [0.717, 1.165) is 10.6 Å². The van der Waals surface area contributed by atoms with Crippen molar-refractivity contribution in [1.29, 1.82) is 0 Å². The largest absolute Gasteiger partial charge is 0.486 e. The molecule has 8 heteroatoms. The molecule has 0 atom stereocenters. The molecule has 0 spiro atoms. The Hall–Kier alpha value is -2.38. The monoisotopic (exact) mass is 420 g/mol. The van der Waals surface area contributed by atoms with Gasteiger partial charge in [0.15, 0.2) is 11.5 Å². The van der Waals surface area contributed by atoms with E-state index in [1.54, 1.807) is 24.3 Å². The van der Waals surface area contributed by atoms with Crippen molar-refractivity contribution in [3.05, 3.63) is 47.5 Å². The summed E-state index contributed by atoms with van der Waals surface area (Å²) in [4.78, 5) is 24.8. The van der Waals surface area contributed by atoms with Crippen molar-refractivity contribution in [3.63, 3.8) is 0 Å². The maximum absolute atomic E-state index is 12.0. The van der Waals surface area contributed by atoms with E-state index in [9.17, 15) is 9.59 Å². The number of benzene rings is 2. The minimum Gasteiger partial charge on any atom is -0.486 e. The van der Waals surface area contributed by atoms with E-state index >= 15 is 0 Å². The zero-order valence-corrected chi connectivity index (χ0v) is 16.8. The summed E-state index contributed by atoms with van der Waals surface area (Å²) in [7, 11) is 0. The number of hydrogen-bond donors (Lipinski definition) is 2. The summed E-state index contributed by atoms with van der Waals surface area (Å²) < 4.78 is 11.0. The highest BCUT2D eigenvalue weighted by molar-refractivity contribution is 8.00. The average Bonchev–Trinajstić information content (AvgIpc) is 2.71. The number of carbonyl (C=O) groups is 2. The number of thioether (sulfide) groups is 1. The summed E-state index contributed by atoms with van der Waals surface area (Å²) in [6.07, 6.45) is 0.901. The molecule has 148 valence electrons. The fraction of sp³-hybridized carbons (Fsp3) is 0.300. The van der Waals surface area contributed by atoms with Crippen LogP contribution in [0.4, 0.5) is 5.69 Å². The third-order valence-corrected chi connectivity index (χ3v) is 5.16. The predicted molar refractivity (Wildman–Crippen MR) is 110 cm³/mol. The highest BCUT2D eigenvalue weighted by Crippen LogP contribution is 2.34. The second-order valence-corrected chi connectivity index (χ2v) is 7.59. The van der Waals surface area contributed by atoms with Crippen LogP contribution in [0.25, 0.3) is 0 Å². The summed E-state index contributed by atoms with van der Waals surface area (Å²) in [6, 6.07) is 12.6. The Morgan fingerprint density at radius 3 is 2.54 bits per heavy atom. The number of amides is 2. The van der Waals surface area contributed by atoms with Gasteiger partial charge in [-0.2, -0.15) is 0 Å². The van der Waals surface area contributed by atoms with E-state index in [2.05, 4.69) is 10.6 Å². The Labute approximate surface area is 172 Å². The number of anilines is 1. The molecule has 0 saturated heterocycles. The molecule has 1 aliphatic rings. The molecule has 2 aromatic carbocycles. The topological polar surface area (TPSA) is 76.7 Å². The van der Waals surface area contributed by atoms with Crippen LogP contribution in [0, 0.1) is 0 Å². The van der Waals surface area contributed by atoms with Crippen LogP contribution in [0.2, 0.25) is 5.02 Å². The zero-order valence-electron chi connectivity index (χ0n) is 15.2. The normalized spacial score (nSPS) is 12.3. The van der Waals surface area contributed by atoms with Gasteiger partial charge in [-0.3, -0.25) is 9.59 Å². The zero-order chi connectivity index (χ0) is 19.8. The molecule has 0 bridgehead atoms. The molecule has 0 saturated carbocycles. The van der Waals surface area contributed by atoms with Crippen LogP contribution in [-0.4, -0.2) is 37.3 Å². The number of ether oxygens (including phenoxy) is 2. The molecule has 2 N–H and O–H groups in total. The van der Waals surface area contributed by atoms with Crippen molar-refractivity contribution in [2.45, 2.75) is 17.7 Å². The van der Waals surface area contributed by atoms with E-state index in [0.29, 0.717) is 54.8 Å². The van der Waals surface area contributed by atoms with Crippen LogP contribution >= 0.6 is 23.4 Å². The first-order chi connectivity index (χ1) is 13.6. The van der Waals surface area contributed by atoms with Gasteiger partial charge < -0.3 is 20.1 Å². The lowest BCUT2D eigenvalue weighted by atomic mass is 10.2. The second-order valence-electron chi connectivity index (χ2n) is 6.10. The number of nitrogens with one attached hydrogen (secondary N) is 2. The minimum atomic E-state index is -0.0952. The fourth-order valence-electron chi connectivity index (χ4n) is 2.55. The van der Waals surface area contributed by atoms with Crippen molar-refractivity contribution in [3.8, 4) is 11.5 Å². The van der Waals surface area contributed by atoms with Crippen LogP contribution in [-0.2, 0) is 9.59 Å². The maximum Gasteiger partial charge on any atom is 0.230 e. The molecule has 2 amide bonds. The van der Waals surface area contributed by atoms with E-state index < -0.39 is 0 Å². The van der Waals surface area contributed by atoms with E-state index in [1.807, 2.05) is 18.2 Å². The van der Waals surface area contributed by atoms with Gasteiger partial charge in [0.2, 0.25) is 11.8 Å². The summed E-state index contributed by atoms with van der Waals surface area (Å²) in [5.74, 6) is 1.58. The van der Waals surface area contributed by atoms with Gasteiger partial charge in [0.1, 0.15) is 13.2 Å². The first-order valence-corrected chi connectivity index (χ1v) is 10.3. The lowest BCUT2D eigenvalue weighted by Crippen LogP contribution is -2.27. The molecule has 1 aliphatic heterocycles. The molecule has 0 aromatic heterocycles. The molecule has 3 rings (SSSR count). The van der Waals surface area contributed by atoms with Crippen LogP contribution in [0.3, 0.4) is 0 Å². The van der Waals surface area contributed by atoms with Gasteiger partial charge in [-0.05, 0) is 48.9 Å². The number of carbonyl (C=O) groups excluding carboxylic acids is 2. The van der Waals surface area contributed by atoms with Gasteiger partial charge in [-0.1, -0.05) is 11.6 Å². The van der Waals surface area contributed by atoms with E-state index in [1.165, 1.54) is 11.8 Å². The molecule has 0 radical (unpaired) electrons. The Balaban J connectivity index is 1.31. The SMILES string of the molecule is O=C(CSc1ccc2c(c1)OCCO2)NCCCC(=O)Nc1ccc(Cl)cc1. The molecule has 2 aromatic rings. The van der Waals surface area contributed by atoms with Gasteiger partial charge in [-0.15, -0.1) is 11.8 Å². The van der Waals surface area contributed by atoms with Crippen molar-refractivity contribution in [2.24, 2.45) is 0 Å². The van der Waals surface area contributed by atoms with Gasteiger partial charge in [0.05, 0.1) is 5.75 Å². The average molecular weight is 421 g/mol. The van der Waals surface area contributed by atoms with Gasteiger partial charge in [-0.25, -0.2) is 0 Å². The Kier molecular flexibility index (Phi) is 7.45. The highest BCUT2D eigenvalue weighted by atomic mass is 35.5. The number of fused-ring (bicyclic) bond motifs is 1. The lowest BCUT2D eigenvalue weighted by molar-refractivity contribution is -0.119. The molecule has 28 heavy (non-hydrogen) atoms. The van der Waals surface area contributed by atoms with E-state index in [4.69, 9.17) is 21.1 Å². The third-order valence-electron chi connectivity index (χ3n) is 3.91. The van der Waals surface area contributed by atoms with Crippen molar-refractivity contribution < 1.29 is 19.1 Å². The first-order valence-electron chi connectivity index (χ1n) is 8.95. The molecule has 0 fully saturated rings. The smallest absolute Gasteiger partial charge is 0.230 e. The fourth-order valence-corrected chi connectivity index (χ4v) is 3.43. The number of halogens is 1. The van der Waals surface area contributed by atoms with Gasteiger partial charge in [0.25, 0.3) is 0 Å². The van der Waals surface area contributed by atoms with Crippen molar-refractivity contribution in [2.75, 3.05) is 30.8 Å². The standard InChI is InChI=1S/C20H21ClN2O4S/c21-14-3-5-15(6-4-14)23-19(24)2-1-9-22-20(25)13-28-16-7-8-17-18(12-16)27-11-10-26-17/h3-8,12H,1-2,9-11,13H2,(H,22,25)(H,23,24). The summed E-state index contributed by atoms with van der Waals surface area (Å²) >= 11 is 7.24. The van der Waals surface area contributed by atoms with Crippen LogP contribution in [0.5, 0.6) is 11.5 Å². The molecular formula is C20H21ClN2O4S. The van der Waals surface area contributed by atoms with Gasteiger partial charge >= 0.3 is 0 Å². The molecular weight excluding hydrogens is 400 g/mol. The second kappa shape index (κ2) is 10.2. The van der Waals surface area contributed by atoms with Crippen molar-refractivity contribution >= 4 is 40.9 Å². The molecule has 1 heterocycles. The molecule has 0 unspecified atom stereocenters. The Morgan fingerprint density at radius 1 is 1.00 bits per heavy atom. The quantitative estimate of drug-likeness (QED) is 0.502. The number of hydrogen-bond acceptors (Lipinski definition) is 5. The maximum atomic E-state index is 12.0. The lowest BCUT2D eigenvalue weighted by Gasteiger charge is -2.18. The van der Waals surface area contributed by atoms with Crippen LogP contribution in [0.15, 0.2) is 47.4 Å². The van der Waals surface area contributed by atoms with Crippen LogP contribution < -0.4 is 20.1 Å². The summed E-state index contributed by atoms with van der Waals surface area (Å²) in [5.41, 5.74) is 0.703. The Bertz CT molecular complexity index is 829. The minimum absolute atomic E-state index is 0.0713. The molecule has 6 nitrogen and oxygen atoms in total. The third kappa shape index (κ3) is 6.35. The predicted octanol–water partition coefficient (Wildman–Crippen LogP) is 3.74.